The SMILES string of the molecule is O=P(O)(O)O.[AlH3].[Cr].[MgH2]. The molecule has 4 nitrogen and oxygen atoms in total. The van der Waals surface area contributed by atoms with E-state index < -0.39 is 7.82 Å². The van der Waals surface area contributed by atoms with Crippen molar-refractivity contribution in [2.45, 2.75) is 0 Å². The molecule has 0 aliphatic rings. The van der Waals surface area contributed by atoms with Crippen molar-refractivity contribution in [3.05, 3.63) is 0 Å². The zero-order chi connectivity index (χ0) is 4.50. The van der Waals surface area contributed by atoms with Crippen molar-refractivity contribution < 1.29 is 36.6 Å². The number of hydrogen-bond donors (Lipinski definition) is 3. The number of rotatable bonds is 0. The predicted octanol–water partition coefficient (Wildman–Crippen LogP) is -3.03. The van der Waals surface area contributed by atoms with Gasteiger partial charge in [-0.1, -0.05) is 0 Å². The van der Waals surface area contributed by atoms with Crippen LogP contribution in [0.3, 0.4) is 0 Å². The standard InChI is InChI=1S/Al.Cr.Mg.H3O4P.5H/c;;;1-5(2,3)4;;;;;/h;;;(H3,1,2,3,4);;;;;. The molecule has 48 valence electrons. The number of hydrogen-bond acceptors (Lipinski definition) is 1. The van der Waals surface area contributed by atoms with Crippen LogP contribution in [0.15, 0.2) is 0 Å². The summed E-state index contributed by atoms with van der Waals surface area (Å²) in [6.07, 6.45) is 0. The van der Waals surface area contributed by atoms with E-state index in [1.54, 1.807) is 0 Å². The van der Waals surface area contributed by atoms with E-state index in [1.165, 1.54) is 0 Å². The second-order valence-corrected chi connectivity index (χ2v) is 1.54. The van der Waals surface area contributed by atoms with Gasteiger partial charge in [0.25, 0.3) is 0 Å². The zero-order valence-corrected chi connectivity index (χ0v) is 4.77. The first-order chi connectivity index (χ1) is 2.00. The third-order valence-electron chi connectivity index (χ3n) is 0. The van der Waals surface area contributed by atoms with E-state index in [-0.39, 0.29) is 57.8 Å². The van der Waals surface area contributed by atoms with Crippen LogP contribution >= 0.6 is 7.82 Å². The van der Waals surface area contributed by atoms with Crippen molar-refractivity contribution in [2.75, 3.05) is 0 Å². The first-order valence-electron chi connectivity index (χ1n) is 0.783. The molecule has 0 saturated heterocycles. The van der Waals surface area contributed by atoms with E-state index >= 15 is 0 Å². The third kappa shape index (κ3) is 102. The zero-order valence-electron chi connectivity index (χ0n) is 2.61. The van der Waals surface area contributed by atoms with E-state index in [2.05, 4.69) is 0 Å². The van der Waals surface area contributed by atoms with Crippen molar-refractivity contribution >= 4 is 48.2 Å². The largest absolute Gasteiger partial charge is 0.466 e. The Morgan fingerprint density at radius 3 is 1.12 bits per heavy atom. The fourth-order valence-corrected chi connectivity index (χ4v) is 0. The minimum Gasteiger partial charge on any atom is -0.303 e. The summed E-state index contributed by atoms with van der Waals surface area (Å²) in [4.78, 5) is 21.6. The smallest absolute Gasteiger partial charge is 0.303 e. The van der Waals surface area contributed by atoms with Gasteiger partial charge in [0.2, 0.25) is 0 Å². The predicted molar refractivity (Wildman–Crippen MR) is 32.7 cm³/mol. The summed E-state index contributed by atoms with van der Waals surface area (Å²) in [5.74, 6) is 0. The molecule has 8 heteroatoms. The Bertz CT molecular complexity index is 62.2. The maximum atomic E-state index is 8.88. The van der Waals surface area contributed by atoms with Gasteiger partial charge in [0.15, 0.2) is 17.4 Å². The normalized spacial score (nSPS) is 7.38. The average molecular weight is 206 g/mol. The van der Waals surface area contributed by atoms with E-state index in [0.717, 1.165) is 0 Å². The van der Waals surface area contributed by atoms with Crippen LogP contribution in [-0.4, -0.2) is 55.1 Å². The Morgan fingerprint density at radius 1 is 1.12 bits per heavy atom. The van der Waals surface area contributed by atoms with Gasteiger partial charge in [-0.25, -0.2) is 4.57 Å². The molecule has 0 atom stereocenters. The molecule has 0 unspecified atom stereocenters. The minimum atomic E-state index is -4.64. The van der Waals surface area contributed by atoms with Gasteiger partial charge in [0.05, 0.1) is 0 Å². The Morgan fingerprint density at radius 2 is 1.12 bits per heavy atom. The van der Waals surface area contributed by atoms with Crippen molar-refractivity contribution in [1.82, 2.24) is 0 Å². The summed E-state index contributed by atoms with van der Waals surface area (Å²) >= 11 is 0. The molecule has 0 aliphatic heterocycles. The first-order valence-corrected chi connectivity index (χ1v) is 2.35. The summed E-state index contributed by atoms with van der Waals surface area (Å²) < 4.78 is 8.88. The number of phosphoric acid groups is 1. The molecule has 0 aromatic carbocycles. The van der Waals surface area contributed by atoms with Crippen molar-refractivity contribution in [1.29, 1.82) is 0 Å². The summed E-state index contributed by atoms with van der Waals surface area (Å²) in [6, 6.07) is 0. The topological polar surface area (TPSA) is 77.8 Å². The van der Waals surface area contributed by atoms with Crippen molar-refractivity contribution in [2.24, 2.45) is 0 Å². The van der Waals surface area contributed by atoms with Gasteiger partial charge in [0, 0.05) is 17.4 Å². The van der Waals surface area contributed by atoms with E-state index in [0.29, 0.717) is 0 Å². The molecule has 0 fully saturated rings. The first kappa shape index (κ1) is 22.5. The summed E-state index contributed by atoms with van der Waals surface area (Å²) in [6.45, 7) is 0. The molecule has 0 aromatic rings. The van der Waals surface area contributed by atoms with E-state index in [4.69, 9.17) is 19.2 Å². The van der Waals surface area contributed by atoms with Gasteiger partial charge in [0.1, 0.15) is 0 Å². The van der Waals surface area contributed by atoms with Crippen LogP contribution in [0.5, 0.6) is 0 Å². The second-order valence-electron chi connectivity index (χ2n) is 0.513. The maximum Gasteiger partial charge on any atom is 0.466 e. The molecule has 0 amide bonds. The fourth-order valence-electron chi connectivity index (χ4n) is 0. The Hall–Kier alpha value is 1.94. The average Bonchev–Trinajstić information content (AvgIpc) is 0.722. The summed E-state index contributed by atoms with van der Waals surface area (Å²) in [5.41, 5.74) is 0. The van der Waals surface area contributed by atoms with Gasteiger partial charge >= 0.3 is 30.9 Å². The molecule has 3 N–H and O–H groups in total. The van der Waals surface area contributed by atoms with Crippen LogP contribution in [-0.2, 0) is 21.9 Å². The van der Waals surface area contributed by atoms with Crippen molar-refractivity contribution in [3.8, 4) is 0 Å². The van der Waals surface area contributed by atoms with Crippen molar-refractivity contribution in [3.63, 3.8) is 0 Å². The van der Waals surface area contributed by atoms with Crippen LogP contribution < -0.4 is 0 Å². The Kier molecular flexibility index (Phi) is 25.2. The summed E-state index contributed by atoms with van der Waals surface area (Å²) in [5, 5.41) is 0. The second kappa shape index (κ2) is 8.94. The minimum absolute atomic E-state index is 0. The van der Waals surface area contributed by atoms with E-state index in [1.807, 2.05) is 0 Å². The molecule has 0 aliphatic carbocycles. The molecule has 0 aromatic heterocycles. The Balaban J connectivity index is -0.0000000267. The summed E-state index contributed by atoms with van der Waals surface area (Å²) in [7, 11) is -4.64. The van der Waals surface area contributed by atoms with Gasteiger partial charge in [-0.3, -0.25) is 0 Å². The monoisotopic (exact) mass is 206 g/mol. The van der Waals surface area contributed by atoms with Crippen LogP contribution in [0, 0.1) is 0 Å². The van der Waals surface area contributed by atoms with Gasteiger partial charge in [-0.15, -0.1) is 0 Å². The molecule has 0 radical (unpaired) electrons. The van der Waals surface area contributed by atoms with E-state index in [9.17, 15) is 0 Å². The van der Waals surface area contributed by atoms with Gasteiger partial charge in [-0.05, 0) is 0 Å². The third-order valence-corrected chi connectivity index (χ3v) is 0. The Labute approximate surface area is 84.3 Å². The molecular weight excluding hydrogens is 198 g/mol. The molecule has 0 bridgehead atoms. The molecular formula is H8AlCrMgO4P. The molecule has 0 saturated carbocycles. The van der Waals surface area contributed by atoms with Crippen LogP contribution in [0.4, 0.5) is 0 Å². The van der Waals surface area contributed by atoms with Crippen LogP contribution in [0.2, 0.25) is 0 Å². The van der Waals surface area contributed by atoms with Gasteiger partial charge < -0.3 is 14.7 Å². The van der Waals surface area contributed by atoms with Crippen LogP contribution in [0.25, 0.3) is 0 Å². The van der Waals surface area contributed by atoms with Gasteiger partial charge in [-0.2, -0.15) is 0 Å². The quantitative estimate of drug-likeness (QED) is 0.291. The molecule has 0 heterocycles. The molecule has 0 spiro atoms. The molecule has 0 rings (SSSR count). The fraction of sp³-hybridized carbons (Fsp3) is 0. The van der Waals surface area contributed by atoms with Crippen LogP contribution in [0.1, 0.15) is 0 Å². The molecule has 8 heavy (non-hydrogen) atoms. The maximum absolute atomic E-state index is 8.88.